The average molecular weight is 300 g/mol. The summed E-state index contributed by atoms with van der Waals surface area (Å²) in [6.45, 7) is 7.00. The van der Waals surface area contributed by atoms with Crippen molar-refractivity contribution in [1.29, 1.82) is 0 Å². The number of likely N-dealkylation sites (tertiary alicyclic amines) is 1. The Kier molecular flexibility index (Phi) is 4.82. The molecule has 2 heterocycles. The van der Waals surface area contributed by atoms with Crippen LogP contribution in [0.25, 0.3) is 0 Å². The van der Waals surface area contributed by atoms with E-state index in [1.165, 1.54) is 11.9 Å². The van der Waals surface area contributed by atoms with Crippen LogP contribution in [0.2, 0.25) is 0 Å². The average Bonchev–Trinajstić information content (AvgIpc) is 2.78. The Morgan fingerprint density at radius 1 is 1.40 bits per heavy atom. The molecule has 0 atom stereocenters. The van der Waals surface area contributed by atoms with Gasteiger partial charge in [0, 0.05) is 37.9 Å². The van der Waals surface area contributed by atoms with Gasteiger partial charge in [-0.05, 0) is 26.7 Å². The molecule has 114 valence electrons. The van der Waals surface area contributed by atoms with Gasteiger partial charge in [0.2, 0.25) is 10.0 Å². The van der Waals surface area contributed by atoms with Gasteiger partial charge in [-0.15, -0.1) is 0 Å². The minimum Gasteiger partial charge on any atom is -0.331 e. The summed E-state index contributed by atoms with van der Waals surface area (Å²) < 4.78 is 27.3. The highest BCUT2D eigenvalue weighted by Crippen LogP contribution is 2.16. The van der Waals surface area contributed by atoms with Crippen LogP contribution in [0.5, 0.6) is 0 Å². The van der Waals surface area contributed by atoms with Crippen LogP contribution in [0.3, 0.4) is 0 Å². The second-order valence-electron chi connectivity index (χ2n) is 5.83. The first kappa shape index (κ1) is 15.5. The number of hydrogen-bond donors (Lipinski definition) is 1. The van der Waals surface area contributed by atoms with Crippen LogP contribution in [-0.4, -0.2) is 48.3 Å². The first-order valence-corrected chi connectivity index (χ1v) is 8.94. The Labute approximate surface area is 121 Å². The van der Waals surface area contributed by atoms with E-state index in [1.807, 2.05) is 12.5 Å². The third-order valence-electron chi connectivity index (χ3n) is 3.66. The monoisotopic (exact) mass is 300 g/mol. The normalized spacial score (nSPS) is 18.8. The Balaban J connectivity index is 1.87. The number of nitrogens with zero attached hydrogens (tertiary/aromatic N) is 3. The number of piperidine rings is 1. The minimum atomic E-state index is -3.09. The van der Waals surface area contributed by atoms with E-state index >= 15 is 0 Å². The number of hydrogen-bond acceptors (Lipinski definition) is 4. The molecule has 0 aromatic carbocycles. The maximum absolute atomic E-state index is 11.2. The molecule has 2 rings (SSSR count). The first-order chi connectivity index (χ1) is 9.35. The number of nitrogens with one attached hydrogen (secondary N) is 1. The molecule has 1 aliphatic rings. The van der Waals surface area contributed by atoms with Gasteiger partial charge < -0.3 is 4.57 Å². The molecule has 6 nitrogen and oxygen atoms in total. The van der Waals surface area contributed by atoms with Crippen LogP contribution >= 0.6 is 0 Å². The van der Waals surface area contributed by atoms with E-state index in [0.29, 0.717) is 6.04 Å². The van der Waals surface area contributed by atoms with Crippen LogP contribution in [0, 0.1) is 0 Å². The minimum absolute atomic E-state index is 0.0799. The quantitative estimate of drug-likeness (QED) is 0.880. The lowest BCUT2D eigenvalue weighted by atomic mass is 10.1. The summed E-state index contributed by atoms with van der Waals surface area (Å²) in [6, 6.07) is 0.494. The molecule has 0 saturated carbocycles. The van der Waals surface area contributed by atoms with Gasteiger partial charge in [0.05, 0.1) is 18.3 Å². The predicted octanol–water partition coefficient (Wildman–Crippen LogP) is 0.978. The van der Waals surface area contributed by atoms with E-state index < -0.39 is 10.0 Å². The van der Waals surface area contributed by atoms with Crippen LogP contribution in [0.4, 0.5) is 0 Å². The Morgan fingerprint density at radius 2 is 2.05 bits per heavy atom. The third kappa shape index (κ3) is 4.29. The highest BCUT2D eigenvalue weighted by molar-refractivity contribution is 7.88. The Morgan fingerprint density at radius 3 is 2.60 bits per heavy atom. The molecule has 0 bridgehead atoms. The zero-order valence-corrected chi connectivity index (χ0v) is 13.2. The van der Waals surface area contributed by atoms with Gasteiger partial charge in [0.15, 0.2) is 0 Å². The van der Waals surface area contributed by atoms with Crippen molar-refractivity contribution >= 4 is 10.0 Å². The SMILES string of the molecule is CC(C)n1cncc1CN1CCC(NS(C)(=O)=O)CC1. The van der Waals surface area contributed by atoms with Gasteiger partial charge in [0.1, 0.15) is 0 Å². The van der Waals surface area contributed by atoms with Crippen LogP contribution < -0.4 is 4.72 Å². The summed E-state index contributed by atoms with van der Waals surface area (Å²) >= 11 is 0. The van der Waals surface area contributed by atoms with E-state index in [2.05, 4.69) is 33.0 Å². The van der Waals surface area contributed by atoms with Gasteiger partial charge in [0.25, 0.3) is 0 Å². The molecule has 1 aromatic rings. The first-order valence-electron chi connectivity index (χ1n) is 7.05. The predicted molar refractivity (Wildman–Crippen MR) is 78.9 cm³/mol. The van der Waals surface area contributed by atoms with E-state index in [0.717, 1.165) is 32.5 Å². The number of aromatic nitrogens is 2. The fourth-order valence-electron chi connectivity index (χ4n) is 2.66. The van der Waals surface area contributed by atoms with Crippen molar-refractivity contribution < 1.29 is 8.42 Å². The van der Waals surface area contributed by atoms with Crippen molar-refractivity contribution in [3.63, 3.8) is 0 Å². The lowest BCUT2D eigenvalue weighted by Crippen LogP contribution is -2.44. The van der Waals surface area contributed by atoms with Gasteiger partial charge >= 0.3 is 0 Å². The topological polar surface area (TPSA) is 67.2 Å². The van der Waals surface area contributed by atoms with E-state index in [4.69, 9.17) is 0 Å². The van der Waals surface area contributed by atoms with E-state index in [9.17, 15) is 8.42 Å². The summed E-state index contributed by atoms with van der Waals surface area (Å²) in [5.74, 6) is 0. The number of rotatable bonds is 5. The molecular weight excluding hydrogens is 276 g/mol. The highest BCUT2D eigenvalue weighted by Gasteiger charge is 2.22. The maximum atomic E-state index is 11.2. The molecule has 1 aromatic heterocycles. The lowest BCUT2D eigenvalue weighted by Gasteiger charge is -2.32. The molecule has 1 aliphatic heterocycles. The Bertz CT molecular complexity index is 530. The van der Waals surface area contributed by atoms with Gasteiger partial charge in [-0.1, -0.05) is 0 Å². The molecular formula is C13H24N4O2S. The zero-order valence-electron chi connectivity index (χ0n) is 12.4. The standard InChI is InChI=1S/C13H24N4O2S/c1-11(2)17-10-14-8-13(17)9-16-6-4-12(5-7-16)15-20(3,18)19/h8,10-12,15H,4-7,9H2,1-3H3. The summed E-state index contributed by atoms with van der Waals surface area (Å²) in [5, 5.41) is 0. The molecule has 1 saturated heterocycles. The second-order valence-corrected chi connectivity index (χ2v) is 7.61. The maximum Gasteiger partial charge on any atom is 0.208 e. The number of sulfonamides is 1. The largest absolute Gasteiger partial charge is 0.331 e. The molecule has 0 aliphatic carbocycles. The zero-order chi connectivity index (χ0) is 14.8. The van der Waals surface area contributed by atoms with Crippen LogP contribution in [0.15, 0.2) is 12.5 Å². The summed E-state index contributed by atoms with van der Waals surface area (Å²) in [7, 11) is -3.09. The van der Waals surface area contributed by atoms with Crippen molar-refractivity contribution in [2.24, 2.45) is 0 Å². The molecule has 0 unspecified atom stereocenters. The molecule has 1 fully saturated rings. The molecule has 0 radical (unpaired) electrons. The van der Waals surface area contributed by atoms with Gasteiger partial charge in [-0.3, -0.25) is 4.90 Å². The van der Waals surface area contributed by atoms with Crippen molar-refractivity contribution in [3.05, 3.63) is 18.2 Å². The van der Waals surface area contributed by atoms with Gasteiger partial charge in [-0.25, -0.2) is 18.1 Å². The van der Waals surface area contributed by atoms with Crippen molar-refractivity contribution in [3.8, 4) is 0 Å². The Hall–Kier alpha value is -0.920. The molecule has 20 heavy (non-hydrogen) atoms. The summed E-state index contributed by atoms with van der Waals surface area (Å²) in [6.07, 6.45) is 6.74. The third-order valence-corrected chi connectivity index (χ3v) is 4.42. The second kappa shape index (κ2) is 6.24. The van der Waals surface area contributed by atoms with Crippen LogP contribution in [0.1, 0.15) is 38.4 Å². The van der Waals surface area contributed by atoms with Gasteiger partial charge in [-0.2, -0.15) is 0 Å². The highest BCUT2D eigenvalue weighted by atomic mass is 32.2. The van der Waals surface area contributed by atoms with E-state index in [-0.39, 0.29) is 6.04 Å². The van der Waals surface area contributed by atoms with Crippen molar-refractivity contribution in [1.82, 2.24) is 19.2 Å². The lowest BCUT2D eigenvalue weighted by molar-refractivity contribution is 0.195. The smallest absolute Gasteiger partial charge is 0.208 e. The number of imidazole rings is 1. The fraction of sp³-hybridized carbons (Fsp3) is 0.769. The van der Waals surface area contributed by atoms with Crippen LogP contribution in [-0.2, 0) is 16.6 Å². The molecule has 7 heteroatoms. The van der Waals surface area contributed by atoms with E-state index in [1.54, 1.807) is 0 Å². The molecule has 1 N–H and O–H groups in total. The fourth-order valence-corrected chi connectivity index (χ4v) is 3.50. The molecule has 0 amide bonds. The summed E-state index contributed by atoms with van der Waals surface area (Å²) in [4.78, 5) is 6.57. The molecule has 0 spiro atoms. The summed E-state index contributed by atoms with van der Waals surface area (Å²) in [5.41, 5.74) is 1.22. The van der Waals surface area contributed by atoms with Crippen molar-refractivity contribution in [2.45, 2.75) is 45.3 Å². The van der Waals surface area contributed by atoms with Crippen molar-refractivity contribution in [2.75, 3.05) is 19.3 Å².